The average molecular weight is 266 g/mol. The number of carbonyl (C=O) groups is 2. The minimum atomic E-state index is -0.421. The van der Waals surface area contributed by atoms with Crippen molar-refractivity contribution in [2.45, 2.75) is 32.2 Å². The first-order valence-corrected chi connectivity index (χ1v) is 7.15. The molecule has 1 N–H and O–H groups in total. The Morgan fingerprint density at radius 2 is 2.17 bits per heavy atom. The lowest BCUT2D eigenvalue weighted by Gasteiger charge is -2.21. The zero-order chi connectivity index (χ0) is 13.0. The van der Waals surface area contributed by atoms with E-state index in [1.807, 2.05) is 22.4 Å². The molecule has 0 bridgehead atoms. The molecule has 0 spiro atoms. The van der Waals surface area contributed by atoms with Gasteiger partial charge < -0.3 is 10.2 Å². The van der Waals surface area contributed by atoms with Gasteiger partial charge in [0.25, 0.3) is 0 Å². The van der Waals surface area contributed by atoms with Gasteiger partial charge in [0.05, 0.1) is 6.42 Å². The van der Waals surface area contributed by atoms with Crippen LogP contribution in [0.5, 0.6) is 0 Å². The molecule has 2 heterocycles. The first-order chi connectivity index (χ1) is 8.66. The number of thiophene rings is 1. The smallest absolute Gasteiger partial charge is 0.244 e. The largest absolute Gasteiger partial charge is 0.344 e. The molecule has 0 aromatic carbocycles. The molecule has 1 atom stereocenters. The van der Waals surface area contributed by atoms with E-state index in [1.54, 1.807) is 18.3 Å². The fourth-order valence-corrected chi connectivity index (χ4v) is 2.84. The maximum atomic E-state index is 12.0. The van der Waals surface area contributed by atoms with Crippen molar-refractivity contribution in [3.05, 3.63) is 22.4 Å². The van der Waals surface area contributed by atoms with Crippen molar-refractivity contribution >= 4 is 23.2 Å². The van der Waals surface area contributed by atoms with Crippen LogP contribution in [0.15, 0.2) is 17.5 Å². The summed E-state index contributed by atoms with van der Waals surface area (Å²) in [6.45, 7) is 3.40. The lowest BCUT2D eigenvalue weighted by Crippen LogP contribution is -2.46. The van der Waals surface area contributed by atoms with Crippen LogP contribution >= 0.6 is 11.3 Å². The zero-order valence-corrected chi connectivity index (χ0v) is 11.3. The van der Waals surface area contributed by atoms with E-state index >= 15 is 0 Å². The van der Waals surface area contributed by atoms with E-state index < -0.39 is 6.04 Å². The molecule has 2 rings (SSSR count). The van der Waals surface area contributed by atoms with Crippen molar-refractivity contribution in [2.24, 2.45) is 0 Å². The molecule has 0 aliphatic carbocycles. The summed E-state index contributed by atoms with van der Waals surface area (Å²) in [4.78, 5) is 26.6. The van der Waals surface area contributed by atoms with Crippen molar-refractivity contribution < 1.29 is 9.59 Å². The number of nitrogens with zero attached hydrogens (tertiary/aromatic N) is 1. The van der Waals surface area contributed by atoms with Gasteiger partial charge in [-0.25, -0.2) is 0 Å². The highest BCUT2D eigenvalue weighted by Gasteiger charge is 2.24. The lowest BCUT2D eigenvalue weighted by atomic mass is 10.2. The van der Waals surface area contributed by atoms with E-state index in [0.717, 1.165) is 30.8 Å². The van der Waals surface area contributed by atoms with Gasteiger partial charge in [-0.3, -0.25) is 9.59 Å². The first kappa shape index (κ1) is 13.1. The van der Waals surface area contributed by atoms with E-state index in [-0.39, 0.29) is 11.8 Å². The Kier molecular flexibility index (Phi) is 4.36. The molecule has 1 aliphatic heterocycles. The van der Waals surface area contributed by atoms with E-state index in [9.17, 15) is 9.59 Å². The highest BCUT2D eigenvalue weighted by atomic mass is 32.1. The molecule has 5 heteroatoms. The van der Waals surface area contributed by atoms with E-state index in [1.165, 1.54) is 0 Å². The molecule has 1 fully saturated rings. The summed E-state index contributed by atoms with van der Waals surface area (Å²) >= 11 is 1.56. The van der Waals surface area contributed by atoms with Crippen molar-refractivity contribution in [1.82, 2.24) is 10.2 Å². The molecule has 1 aromatic heterocycles. The normalized spacial score (nSPS) is 16.6. The van der Waals surface area contributed by atoms with Crippen LogP contribution in [0.1, 0.15) is 24.6 Å². The van der Waals surface area contributed by atoms with Gasteiger partial charge in [-0.15, -0.1) is 11.3 Å². The maximum Gasteiger partial charge on any atom is 0.244 e. The van der Waals surface area contributed by atoms with Crippen LogP contribution in [0.3, 0.4) is 0 Å². The molecule has 0 unspecified atom stereocenters. The third-order valence-electron chi connectivity index (χ3n) is 3.08. The SMILES string of the molecule is C[C@@H](NC(=O)Cc1cccs1)C(=O)N1CCCC1. The van der Waals surface area contributed by atoms with Crippen molar-refractivity contribution in [1.29, 1.82) is 0 Å². The summed E-state index contributed by atoms with van der Waals surface area (Å²) in [6, 6.07) is 3.43. The van der Waals surface area contributed by atoms with Gasteiger partial charge in [-0.1, -0.05) is 6.07 Å². The molecule has 1 saturated heterocycles. The number of rotatable bonds is 4. The highest BCUT2D eigenvalue weighted by Crippen LogP contribution is 2.10. The van der Waals surface area contributed by atoms with Crippen molar-refractivity contribution in [3.63, 3.8) is 0 Å². The summed E-state index contributed by atoms with van der Waals surface area (Å²) < 4.78 is 0. The Morgan fingerprint density at radius 1 is 1.44 bits per heavy atom. The zero-order valence-electron chi connectivity index (χ0n) is 10.5. The molecule has 1 aliphatic rings. The number of hydrogen-bond acceptors (Lipinski definition) is 3. The Bertz CT molecular complexity index is 411. The third-order valence-corrected chi connectivity index (χ3v) is 3.96. The van der Waals surface area contributed by atoms with Gasteiger partial charge in [0, 0.05) is 18.0 Å². The fourth-order valence-electron chi connectivity index (χ4n) is 2.14. The molecule has 0 radical (unpaired) electrons. The van der Waals surface area contributed by atoms with Crippen LogP contribution in [0.25, 0.3) is 0 Å². The second-order valence-electron chi connectivity index (χ2n) is 4.58. The van der Waals surface area contributed by atoms with Crippen LogP contribution in [-0.2, 0) is 16.0 Å². The predicted octanol–water partition coefficient (Wildman–Crippen LogP) is 1.42. The van der Waals surface area contributed by atoms with Crippen LogP contribution in [0, 0.1) is 0 Å². The van der Waals surface area contributed by atoms with Gasteiger partial charge in [-0.2, -0.15) is 0 Å². The number of carbonyl (C=O) groups excluding carboxylic acids is 2. The molecule has 1 aromatic rings. The monoisotopic (exact) mass is 266 g/mol. The van der Waals surface area contributed by atoms with Crippen LogP contribution in [0.4, 0.5) is 0 Å². The molecule has 2 amide bonds. The summed E-state index contributed by atoms with van der Waals surface area (Å²) in [5, 5.41) is 4.72. The number of likely N-dealkylation sites (tertiary alicyclic amines) is 1. The van der Waals surface area contributed by atoms with Crippen LogP contribution < -0.4 is 5.32 Å². The van der Waals surface area contributed by atoms with Gasteiger partial charge in [0.15, 0.2) is 0 Å². The van der Waals surface area contributed by atoms with Gasteiger partial charge in [-0.05, 0) is 31.2 Å². The Morgan fingerprint density at radius 3 is 2.78 bits per heavy atom. The maximum absolute atomic E-state index is 12.0. The number of amides is 2. The molecule has 98 valence electrons. The molecular formula is C13H18N2O2S. The van der Waals surface area contributed by atoms with E-state index in [2.05, 4.69) is 5.32 Å². The third kappa shape index (κ3) is 3.32. The van der Waals surface area contributed by atoms with E-state index in [4.69, 9.17) is 0 Å². The Hall–Kier alpha value is -1.36. The van der Waals surface area contributed by atoms with Crippen LogP contribution in [-0.4, -0.2) is 35.8 Å². The molecule has 18 heavy (non-hydrogen) atoms. The van der Waals surface area contributed by atoms with Crippen LogP contribution in [0.2, 0.25) is 0 Å². The van der Waals surface area contributed by atoms with Gasteiger partial charge in [0.2, 0.25) is 11.8 Å². The lowest BCUT2D eigenvalue weighted by molar-refractivity contribution is -0.134. The minimum Gasteiger partial charge on any atom is -0.344 e. The van der Waals surface area contributed by atoms with E-state index in [0.29, 0.717) is 6.42 Å². The molecular weight excluding hydrogens is 248 g/mol. The quantitative estimate of drug-likeness (QED) is 0.896. The van der Waals surface area contributed by atoms with Gasteiger partial charge >= 0.3 is 0 Å². The second-order valence-corrected chi connectivity index (χ2v) is 5.61. The topological polar surface area (TPSA) is 49.4 Å². The second kappa shape index (κ2) is 6.00. The summed E-state index contributed by atoms with van der Waals surface area (Å²) in [5.74, 6) is -0.0514. The first-order valence-electron chi connectivity index (χ1n) is 6.27. The fraction of sp³-hybridized carbons (Fsp3) is 0.538. The van der Waals surface area contributed by atoms with Gasteiger partial charge in [0.1, 0.15) is 6.04 Å². The standard InChI is InChI=1S/C13H18N2O2S/c1-10(13(17)15-6-2-3-7-15)14-12(16)9-11-5-4-8-18-11/h4-5,8,10H,2-3,6-7,9H2,1H3,(H,14,16)/t10-/m1/s1. The Balaban J connectivity index is 1.81. The summed E-state index contributed by atoms with van der Waals surface area (Å²) in [7, 11) is 0. The minimum absolute atomic E-state index is 0.0343. The summed E-state index contributed by atoms with van der Waals surface area (Å²) in [6.07, 6.45) is 2.50. The average Bonchev–Trinajstić information content (AvgIpc) is 2.99. The number of nitrogens with one attached hydrogen (secondary N) is 1. The van der Waals surface area contributed by atoms with Crippen molar-refractivity contribution in [2.75, 3.05) is 13.1 Å². The summed E-state index contributed by atoms with van der Waals surface area (Å²) in [5.41, 5.74) is 0. The van der Waals surface area contributed by atoms with Crippen molar-refractivity contribution in [3.8, 4) is 0 Å². The highest BCUT2D eigenvalue weighted by molar-refractivity contribution is 7.10. The predicted molar refractivity (Wildman–Crippen MR) is 71.4 cm³/mol. The Labute approximate surface area is 111 Å². The molecule has 4 nitrogen and oxygen atoms in total. The number of hydrogen-bond donors (Lipinski definition) is 1. The molecule has 0 saturated carbocycles.